The van der Waals surface area contributed by atoms with Crippen molar-refractivity contribution in [3.63, 3.8) is 0 Å². The van der Waals surface area contributed by atoms with Crippen LogP contribution in [-0.2, 0) is 14.9 Å². The molecule has 0 aliphatic heterocycles. The van der Waals surface area contributed by atoms with Gasteiger partial charge in [0.05, 0.1) is 31.9 Å². The van der Waals surface area contributed by atoms with Crippen molar-refractivity contribution in [1.82, 2.24) is 9.80 Å². The van der Waals surface area contributed by atoms with Gasteiger partial charge in [-0.25, -0.2) is 0 Å². The Bertz CT molecular complexity index is 527. The summed E-state index contributed by atoms with van der Waals surface area (Å²) in [5.41, 5.74) is -0.414. The van der Waals surface area contributed by atoms with Crippen LogP contribution < -0.4 is 0 Å². The first-order chi connectivity index (χ1) is 10.7. The van der Waals surface area contributed by atoms with Crippen LogP contribution in [0.2, 0.25) is 0 Å². The van der Waals surface area contributed by atoms with Gasteiger partial charge in [-0.05, 0) is 34.0 Å². The topological polar surface area (TPSA) is 77.9 Å². The molecule has 142 valence electrons. The molecule has 0 aromatic heterocycles. The minimum atomic E-state index is -3.94. The van der Waals surface area contributed by atoms with Gasteiger partial charge in [0.15, 0.2) is 0 Å². The molecule has 0 heterocycles. The third-order valence-corrected chi connectivity index (χ3v) is 4.73. The first kappa shape index (κ1) is 23.0. The Morgan fingerprint density at radius 3 is 2.21 bits per heavy atom. The Kier molecular flexibility index (Phi) is 8.58. The third-order valence-electron chi connectivity index (χ3n) is 3.92. The van der Waals surface area contributed by atoms with Gasteiger partial charge in [0, 0.05) is 19.5 Å². The second-order valence-electron chi connectivity index (χ2n) is 7.77. The maximum absolute atomic E-state index is 12.3. The fourth-order valence-corrected chi connectivity index (χ4v) is 3.50. The van der Waals surface area contributed by atoms with Gasteiger partial charge in [-0.2, -0.15) is 8.42 Å². The standard InChI is InChI=1S/C16H33N3O4S/c1-8-15(20)18(11-10-17(4)5)16(2,3)14-19(6,7)12-9-13-24(21,22)23/h8H,1,9-14H2,2-7H3/p+1. The predicted molar refractivity (Wildman–Crippen MR) is 97.4 cm³/mol. The molecule has 8 heteroatoms. The Morgan fingerprint density at radius 2 is 1.79 bits per heavy atom. The lowest BCUT2D eigenvalue weighted by molar-refractivity contribution is -0.894. The highest BCUT2D eigenvalue weighted by molar-refractivity contribution is 7.85. The Labute approximate surface area is 147 Å². The van der Waals surface area contributed by atoms with Crippen LogP contribution >= 0.6 is 0 Å². The lowest BCUT2D eigenvalue weighted by Crippen LogP contribution is -2.59. The van der Waals surface area contributed by atoms with Crippen LogP contribution in [0.25, 0.3) is 0 Å². The first-order valence-electron chi connectivity index (χ1n) is 8.06. The molecule has 0 radical (unpaired) electrons. The number of likely N-dealkylation sites (N-methyl/N-ethyl adjacent to an activating group) is 2. The van der Waals surface area contributed by atoms with Crippen LogP contribution in [0.15, 0.2) is 12.7 Å². The fourth-order valence-electron chi connectivity index (χ4n) is 3.01. The van der Waals surface area contributed by atoms with Gasteiger partial charge in [0.2, 0.25) is 5.91 Å². The molecule has 7 nitrogen and oxygen atoms in total. The SMILES string of the molecule is C=CC(=O)N(CCN(C)C)C(C)(C)C[N+](C)(C)CCCS(=O)(=O)O. The molecule has 0 atom stereocenters. The highest BCUT2D eigenvalue weighted by Gasteiger charge is 2.36. The Balaban J connectivity index is 5.00. The van der Waals surface area contributed by atoms with Crippen molar-refractivity contribution in [3.05, 3.63) is 12.7 Å². The second-order valence-corrected chi connectivity index (χ2v) is 9.34. The summed E-state index contributed by atoms with van der Waals surface area (Å²) in [7, 11) is 3.97. The van der Waals surface area contributed by atoms with Crippen molar-refractivity contribution in [1.29, 1.82) is 0 Å². The number of carbonyl (C=O) groups excluding carboxylic acids is 1. The van der Waals surface area contributed by atoms with Crippen LogP contribution in [-0.4, -0.2) is 98.8 Å². The summed E-state index contributed by atoms with van der Waals surface area (Å²) >= 11 is 0. The number of carbonyl (C=O) groups is 1. The molecule has 1 amide bonds. The molecule has 0 saturated heterocycles. The fraction of sp³-hybridized carbons (Fsp3) is 0.812. The minimum absolute atomic E-state index is 0.111. The van der Waals surface area contributed by atoms with E-state index in [2.05, 4.69) is 6.58 Å². The molecule has 0 fully saturated rings. The lowest BCUT2D eigenvalue weighted by atomic mass is 10.00. The number of hydrogen-bond donors (Lipinski definition) is 1. The Hall–Kier alpha value is -0.960. The van der Waals surface area contributed by atoms with Gasteiger partial charge in [-0.1, -0.05) is 6.58 Å². The number of amides is 1. The van der Waals surface area contributed by atoms with Crippen LogP contribution in [0, 0.1) is 0 Å². The first-order valence-corrected chi connectivity index (χ1v) is 9.67. The molecule has 1 N–H and O–H groups in total. The molecule has 0 aliphatic rings. The molecule has 0 unspecified atom stereocenters. The van der Waals surface area contributed by atoms with E-state index in [0.717, 1.165) is 6.54 Å². The maximum Gasteiger partial charge on any atom is 0.265 e. The number of nitrogens with zero attached hydrogens (tertiary/aromatic N) is 3. The number of hydrogen-bond acceptors (Lipinski definition) is 4. The summed E-state index contributed by atoms with van der Waals surface area (Å²) in [4.78, 5) is 16.1. The zero-order valence-electron chi connectivity index (χ0n) is 15.9. The van der Waals surface area contributed by atoms with Gasteiger partial charge in [0.25, 0.3) is 10.1 Å². The summed E-state index contributed by atoms with van der Waals surface area (Å²) < 4.78 is 31.1. The van der Waals surface area contributed by atoms with E-state index in [4.69, 9.17) is 4.55 Å². The highest BCUT2D eigenvalue weighted by atomic mass is 32.2. The molecule has 0 spiro atoms. The van der Waals surface area contributed by atoms with Gasteiger partial charge >= 0.3 is 0 Å². The van der Waals surface area contributed by atoms with E-state index in [1.807, 2.05) is 51.8 Å². The number of quaternary nitrogens is 1. The predicted octanol–water partition coefficient (Wildman–Crippen LogP) is 0.696. The van der Waals surface area contributed by atoms with Gasteiger partial charge in [0.1, 0.15) is 6.54 Å². The van der Waals surface area contributed by atoms with Crippen molar-refractivity contribution < 1.29 is 22.2 Å². The van der Waals surface area contributed by atoms with Crippen molar-refractivity contribution in [2.45, 2.75) is 25.8 Å². The van der Waals surface area contributed by atoms with Crippen LogP contribution in [0.3, 0.4) is 0 Å². The van der Waals surface area contributed by atoms with E-state index in [-0.39, 0.29) is 11.7 Å². The van der Waals surface area contributed by atoms with E-state index in [1.165, 1.54) is 6.08 Å². The largest absolute Gasteiger partial charge is 0.327 e. The summed E-state index contributed by atoms with van der Waals surface area (Å²) in [6.45, 7) is 10.2. The third kappa shape index (κ3) is 9.36. The molecule has 0 aromatic rings. The maximum atomic E-state index is 12.3. The summed E-state index contributed by atoms with van der Waals surface area (Å²) in [6.07, 6.45) is 1.70. The Morgan fingerprint density at radius 1 is 1.25 bits per heavy atom. The number of rotatable bonds is 11. The van der Waals surface area contributed by atoms with Crippen LogP contribution in [0.5, 0.6) is 0 Å². The molecule has 0 bridgehead atoms. The molecule has 0 rings (SSSR count). The van der Waals surface area contributed by atoms with E-state index < -0.39 is 15.7 Å². The minimum Gasteiger partial charge on any atom is -0.327 e. The van der Waals surface area contributed by atoms with Gasteiger partial charge in [-0.3, -0.25) is 9.35 Å². The van der Waals surface area contributed by atoms with E-state index in [0.29, 0.717) is 30.5 Å². The zero-order valence-corrected chi connectivity index (χ0v) is 16.8. The smallest absolute Gasteiger partial charge is 0.265 e. The quantitative estimate of drug-likeness (QED) is 0.332. The lowest BCUT2D eigenvalue weighted by Gasteiger charge is -2.44. The van der Waals surface area contributed by atoms with Crippen molar-refractivity contribution in [3.8, 4) is 0 Å². The molecular formula is C16H34N3O4S+. The summed E-state index contributed by atoms with van der Waals surface area (Å²) in [5.74, 6) is -0.356. The van der Waals surface area contributed by atoms with Crippen molar-refractivity contribution >= 4 is 16.0 Å². The van der Waals surface area contributed by atoms with E-state index in [1.54, 1.807) is 0 Å². The normalized spacial score (nSPS) is 13.2. The van der Waals surface area contributed by atoms with Crippen LogP contribution in [0.4, 0.5) is 0 Å². The summed E-state index contributed by atoms with van der Waals surface area (Å²) in [5, 5.41) is 0. The zero-order chi connectivity index (χ0) is 19.2. The highest BCUT2D eigenvalue weighted by Crippen LogP contribution is 2.20. The van der Waals surface area contributed by atoms with E-state index >= 15 is 0 Å². The van der Waals surface area contributed by atoms with Crippen molar-refractivity contribution in [2.75, 3.05) is 60.1 Å². The van der Waals surface area contributed by atoms with Gasteiger partial charge in [-0.15, -0.1) is 0 Å². The molecular weight excluding hydrogens is 330 g/mol. The van der Waals surface area contributed by atoms with E-state index in [9.17, 15) is 13.2 Å². The average Bonchev–Trinajstić information content (AvgIpc) is 2.34. The summed E-state index contributed by atoms with van der Waals surface area (Å²) in [6, 6.07) is 0. The van der Waals surface area contributed by atoms with Crippen molar-refractivity contribution in [2.24, 2.45) is 0 Å². The average molecular weight is 365 g/mol. The molecule has 0 saturated carbocycles. The second kappa shape index (κ2) is 8.94. The van der Waals surface area contributed by atoms with Crippen LogP contribution in [0.1, 0.15) is 20.3 Å². The monoisotopic (exact) mass is 364 g/mol. The molecule has 24 heavy (non-hydrogen) atoms. The van der Waals surface area contributed by atoms with Gasteiger partial charge < -0.3 is 14.3 Å². The molecule has 0 aliphatic carbocycles. The molecule has 0 aromatic carbocycles.